The number of pyridine rings is 1. The number of aliphatic hydroxyl groups is 1. The summed E-state index contributed by atoms with van der Waals surface area (Å²) in [5, 5.41) is 9.28. The van der Waals surface area contributed by atoms with Crippen molar-refractivity contribution in [2.75, 3.05) is 0 Å². The van der Waals surface area contributed by atoms with Crippen LogP contribution in [0.5, 0.6) is 0 Å². The first-order valence-corrected chi connectivity index (χ1v) is 4.04. The largest absolute Gasteiger partial charge is 0.421 e. The maximum atomic E-state index is 12.3. The van der Waals surface area contributed by atoms with Gasteiger partial charge in [-0.3, -0.25) is 0 Å². The first-order valence-electron chi connectivity index (χ1n) is 3.66. The van der Waals surface area contributed by atoms with Gasteiger partial charge < -0.3 is 5.11 Å². The minimum Gasteiger partial charge on any atom is -0.376 e. The number of halogens is 4. The van der Waals surface area contributed by atoms with Gasteiger partial charge >= 0.3 is 6.18 Å². The van der Waals surface area contributed by atoms with E-state index in [0.29, 0.717) is 6.92 Å². The zero-order chi connectivity index (χ0) is 11.0. The fourth-order valence-electron chi connectivity index (χ4n) is 0.827. The summed E-state index contributed by atoms with van der Waals surface area (Å²) in [7, 11) is 0. The lowest BCUT2D eigenvalue weighted by Crippen LogP contribution is -2.39. The molecule has 0 amide bonds. The van der Waals surface area contributed by atoms with Crippen LogP contribution in [0.2, 0.25) is 5.15 Å². The smallest absolute Gasteiger partial charge is 0.376 e. The molecule has 2 nitrogen and oxygen atoms in total. The van der Waals surface area contributed by atoms with E-state index in [2.05, 4.69) is 4.98 Å². The van der Waals surface area contributed by atoms with E-state index in [9.17, 15) is 18.3 Å². The van der Waals surface area contributed by atoms with E-state index >= 15 is 0 Å². The highest BCUT2D eigenvalue weighted by Gasteiger charge is 2.51. The molecule has 1 N–H and O–H groups in total. The van der Waals surface area contributed by atoms with Gasteiger partial charge in [0.25, 0.3) is 0 Å². The zero-order valence-corrected chi connectivity index (χ0v) is 7.89. The van der Waals surface area contributed by atoms with Crippen LogP contribution >= 0.6 is 11.6 Å². The Kier molecular flexibility index (Phi) is 2.74. The Morgan fingerprint density at radius 3 is 2.29 bits per heavy atom. The average Bonchev–Trinajstić information content (AvgIpc) is 2.03. The second-order valence-electron chi connectivity index (χ2n) is 2.94. The van der Waals surface area contributed by atoms with Crippen molar-refractivity contribution in [2.45, 2.75) is 18.7 Å². The molecule has 1 aromatic rings. The van der Waals surface area contributed by atoms with Crippen molar-refractivity contribution in [1.82, 2.24) is 4.98 Å². The lowest BCUT2D eigenvalue weighted by atomic mass is 9.97. The Hall–Kier alpha value is -0.810. The monoisotopic (exact) mass is 225 g/mol. The Morgan fingerprint density at radius 2 is 1.93 bits per heavy atom. The van der Waals surface area contributed by atoms with Gasteiger partial charge in [-0.15, -0.1) is 0 Å². The van der Waals surface area contributed by atoms with Crippen LogP contribution in [0.3, 0.4) is 0 Å². The SMILES string of the molecule is C[C@@](O)(c1ccc(Cl)nc1)C(F)(F)F. The molecule has 0 spiro atoms. The minimum atomic E-state index is -4.73. The molecule has 0 aliphatic rings. The van der Waals surface area contributed by atoms with Crippen molar-refractivity contribution < 1.29 is 18.3 Å². The lowest BCUT2D eigenvalue weighted by Gasteiger charge is -2.26. The van der Waals surface area contributed by atoms with Gasteiger partial charge in [-0.1, -0.05) is 17.7 Å². The normalized spacial score (nSPS) is 16.4. The van der Waals surface area contributed by atoms with E-state index in [4.69, 9.17) is 11.6 Å². The van der Waals surface area contributed by atoms with Gasteiger partial charge in [-0.25, -0.2) is 4.98 Å². The molecule has 6 heteroatoms. The summed E-state index contributed by atoms with van der Waals surface area (Å²) in [4.78, 5) is 3.46. The summed E-state index contributed by atoms with van der Waals surface area (Å²) in [5.41, 5.74) is -3.24. The molecule has 78 valence electrons. The molecule has 0 unspecified atom stereocenters. The first-order chi connectivity index (χ1) is 6.25. The highest BCUT2D eigenvalue weighted by atomic mass is 35.5. The number of nitrogens with zero attached hydrogens (tertiary/aromatic N) is 1. The van der Waals surface area contributed by atoms with E-state index in [0.717, 1.165) is 12.3 Å². The van der Waals surface area contributed by atoms with Gasteiger partial charge in [0.15, 0.2) is 5.60 Å². The summed E-state index contributed by atoms with van der Waals surface area (Å²) in [6.07, 6.45) is -3.83. The summed E-state index contributed by atoms with van der Waals surface area (Å²) < 4.78 is 36.9. The first kappa shape index (κ1) is 11.3. The third-order valence-electron chi connectivity index (χ3n) is 1.84. The maximum absolute atomic E-state index is 12.3. The molecule has 0 aromatic carbocycles. The Bertz CT molecular complexity index is 320. The number of aromatic nitrogens is 1. The molecular weight excluding hydrogens is 219 g/mol. The average molecular weight is 226 g/mol. The molecule has 1 atom stereocenters. The quantitative estimate of drug-likeness (QED) is 0.745. The molecule has 1 rings (SSSR count). The third kappa shape index (κ3) is 1.99. The molecule has 1 heterocycles. The second-order valence-corrected chi connectivity index (χ2v) is 3.33. The van der Waals surface area contributed by atoms with Crippen molar-refractivity contribution >= 4 is 11.6 Å². The summed E-state index contributed by atoms with van der Waals surface area (Å²) in [6, 6.07) is 2.28. The van der Waals surface area contributed by atoms with Gasteiger partial charge in [0.05, 0.1) is 0 Å². The van der Waals surface area contributed by atoms with Crippen LogP contribution in [-0.2, 0) is 5.60 Å². The van der Waals surface area contributed by atoms with Crippen molar-refractivity contribution in [3.05, 3.63) is 29.0 Å². The van der Waals surface area contributed by atoms with Crippen LogP contribution in [0.15, 0.2) is 18.3 Å². The fraction of sp³-hybridized carbons (Fsp3) is 0.375. The van der Waals surface area contributed by atoms with Crippen LogP contribution in [0.1, 0.15) is 12.5 Å². The molecule has 0 saturated heterocycles. The molecule has 0 saturated carbocycles. The maximum Gasteiger partial charge on any atom is 0.421 e. The molecule has 1 aromatic heterocycles. The Labute approximate surface area is 83.3 Å². The third-order valence-corrected chi connectivity index (χ3v) is 2.07. The van der Waals surface area contributed by atoms with Crippen molar-refractivity contribution in [1.29, 1.82) is 0 Å². The fourth-order valence-corrected chi connectivity index (χ4v) is 0.939. The summed E-state index contributed by atoms with van der Waals surface area (Å²) >= 11 is 5.40. The standard InChI is InChI=1S/C8H7ClF3NO/c1-7(14,8(10,11)12)5-2-3-6(9)13-4-5/h2-4,14H,1H3/t7-/m1/s1. The van der Waals surface area contributed by atoms with Gasteiger partial charge in [-0.2, -0.15) is 13.2 Å². The van der Waals surface area contributed by atoms with Crippen LogP contribution in [0, 0.1) is 0 Å². The predicted octanol–water partition coefficient (Wildman–Crippen LogP) is 2.50. The summed E-state index contributed by atoms with van der Waals surface area (Å²) in [5.74, 6) is 0. The van der Waals surface area contributed by atoms with Crippen molar-refractivity contribution in [2.24, 2.45) is 0 Å². The van der Waals surface area contributed by atoms with Gasteiger partial charge in [0.2, 0.25) is 0 Å². The number of hydrogen-bond donors (Lipinski definition) is 1. The van der Waals surface area contributed by atoms with E-state index < -0.39 is 11.8 Å². The van der Waals surface area contributed by atoms with Gasteiger partial charge in [-0.05, 0) is 13.0 Å². The van der Waals surface area contributed by atoms with E-state index in [1.165, 1.54) is 6.07 Å². The van der Waals surface area contributed by atoms with Gasteiger partial charge in [0.1, 0.15) is 5.15 Å². The molecule has 0 fully saturated rings. The van der Waals surface area contributed by atoms with Crippen LogP contribution in [0.25, 0.3) is 0 Å². The number of hydrogen-bond acceptors (Lipinski definition) is 2. The molecule has 0 aliphatic carbocycles. The summed E-state index contributed by atoms with van der Waals surface area (Å²) in [6.45, 7) is 0.665. The van der Waals surface area contributed by atoms with E-state index in [1.807, 2.05) is 0 Å². The zero-order valence-electron chi connectivity index (χ0n) is 7.14. The highest BCUT2D eigenvalue weighted by Crippen LogP contribution is 2.38. The molecule has 14 heavy (non-hydrogen) atoms. The Balaban J connectivity index is 3.10. The predicted molar refractivity (Wildman–Crippen MR) is 44.9 cm³/mol. The van der Waals surface area contributed by atoms with Crippen molar-refractivity contribution in [3.63, 3.8) is 0 Å². The second kappa shape index (κ2) is 3.40. The lowest BCUT2D eigenvalue weighted by molar-refractivity contribution is -0.259. The van der Waals surface area contributed by atoms with E-state index in [1.54, 1.807) is 0 Å². The topological polar surface area (TPSA) is 33.1 Å². The van der Waals surface area contributed by atoms with Crippen LogP contribution in [-0.4, -0.2) is 16.3 Å². The Morgan fingerprint density at radius 1 is 1.36 bits per heavy atom. The minimum absolute atomic E-state index is 0.0757. The number of alkyl halides is 3. The molecular formula is C8H7ClF3NO. The molecule has 0 aliphatic heterocycles. The van der Waals surface area contributed by atoms with E-state index in [-0.39, 0.29) is 10.7 Å². The molecule has 0 bridgehead atoms. The van der Waals surface area contributed by atoms with Crippen LogP contribution < -0.4 is 0 Å². The van der Waals surface area contributed by atoms with Gasteiger partial charge in [0, 0.05) is 11.8 Å². The highest BCUT2D eigenvalue weighted by molar-refractivity contribution is 6.29. The molecule has 0 radical (unpaired) electrons. The van der Waals surface area contributed by atoms with Crippen LogP contribution in [0.4, 0.5) is 13.2 Å². The van der Waals surface area contributed by atoms with Crippen molar-refractivity contribution in [3.8, 4) is 0 Å². The number of rotatable bonds is 1.